The van der Waals surface area contributed by atoms with Gasteiger partial charge in [-0.3, -0.25) is 0 Å². The Labute approximate surface area is 164 Å². The Kier molecular flexibility index (Phi) is 6.69. The first-order valence-electron chi connectivity index (χ1n) is 9.65. The highest BCUT2D eigenvalue weighted by molar-refractivity contribution is 6.74. The average Bonchev–Trinajstić information content (AvgIpc) is 2.43. The molecule has 1 aliphatic rings. The van der Waals surface area contributed by atoms with Crippen molar-refractivity contribution in [2.75, 3.05) is 0 Å². The molecular formula is C22H40O2Si2. The molecule has 0 saturated heterocycles. The molecule has 26 heavy (non-hydrogen) atoms. The van der Waals surface area contributed by atoms with Gasteiger partial charge in [0.05, 0.1) is 12.2 Å². The molecule has 0 amide bonds. The van der Waals surface area contributed by atoms with Crippen molar-refractivity contribution in [3.05, 3.63) is 23.3 Å². The molecule has 0 heterocycles. The van der Waals surface area contributed by atoms with Gasteiger partial charge in [-0.1, -0.05) is 54.0 Å². The highest BCUT2D eigenvalue weighted by atomic mass is 28.4. The molecule has 1 rings (SSSR count). The van der Waals surface area contributed by atoms with E-state index in [-0.39, 0.29) is 22.3 Å². The van der Waals surface area contributed by atoms with Crippen molar-refractivity contribution in [3.8, 4) is 12.3 Å². The molecule has 0 spiro atoms. The molecule has 4 heteroatoms. The first kappa shape index (κ1) is 23.4. The standard InChI is InChI=1S/C22H40O2Si2/c1-14-18-15-19(23-25(10,11)21(4,5)6)17(3)20(16(18)2)24-26(12,13)22(7,8)9/h1,19-20H,3,15H2,2,4-13H3/t19-,20-/m1/s1. The van der Waals surface area contributed by atoms with Gasteiger partial charge >= 0.3 is 0 Å². The van der Waals surface area contributed by atoms with Crippen molar-refractivity contribution in [3.63, 3.8) is 0 Å². The van der Waals surface area contributed by atoms with E-state index in [1.54, 1.807) is 0 Å². The Morgan fingerprint density at radius 3 is 1.77 bits per heavy atom. The quantitative estimate of drug-likeness (QED) is 0.302. The maximum atomic E-state index is 6.75. The minimum atomic E-state index is -1.95. The van der Waals surface area contributed by atoms with Crippen molar-refractivity contribution in [2.45, 2.75) is 103 Å². The summed E-state index contributed by atoms with van der Waals surface area (Å²) in [5, 5.41) is 0.284. The van der Waals surface area contributed by atoms with Crippen LogP contribution in [0.2, 0.25) is 36.3 Å². The fourth-order valence-corrected chi connectivity index (χ4v) is 5.11. The lowest BCUT2D eigenvalue weighted by atomic mass is 9.85. The van der Waals surface area contributed by atoms with Gasteiger partial charge in [0.1, 0.15) is 0 Å². The molecule has 1 aliphatic carbocycles. The van der Waals surface area contributed by atoms with Crippen molar-refractivity contribution in [1.29, 1.82) is 0 Å². The van der Waals surface area contributed by atoms with E-state index in [0.717, 1.165) is 23.1 Å². The molecule has 0 aromatic carbocycles. The lowest BCUT2D eigenvalue weighted by Crippen LogP contribution is -2.50. The van der Waals surface area contributed by atoms with Gasteiger partial charge in [0.2, 0.25) is 0 Å². The van der Waals surface area contributed by atoms with Gasteiger partial charge in [-0.25, -0.2) is 0 Å². The summed E-state index contributed by atoms with van der Waals surface area (Å²) in [4.78, 5) is 0. The molecular weight excluding hydrogens is 352 g/mol. The number of terminal acetylenes is 1. The second kappa shape index (κ2) is 7.43. The van der Waals surface area contributed by atoms with Gasteiger partial charge in [-0.15, -0.1) is 6.42 Å². The average molecular weight is 393 g/mol. The van der Waals surface area contributed by atoms with Crippen LogP contribution in [0.5, 0.6) is 0 Å². The van der Waals surface area contributed by atoms with E-state index >= 15 is 0 Å². The maximum absolute atomic E-state index is 6.75. The van der Waals surface area contributed by atoms with Gasteiger partial charge < -0.3 is 8.85 Å². The van der Waals surface area contributed by atoms with Crippen molar-refractivity contribution < 1.29 is 8.85 Å². The summed E-state index contributed by atoms with van der Waals surface area (Å²) in [5.74, 6) is 2.89. The van der Waals surface area contributed by atoms with E-state index < -0.39 is 16.6 Å². The van der Waals surface area contributed by atoms with Gasteiger partial charge in [-0.05, 0) is 54.3 Å². The summed E-state index contributed by atoms with van der Waals surface area (Å²) in [6.45, 7) is 29.2. The Bertz CT molecular complexity index is 622. The minimum absolute atomic E-state index is 0.0552. The highest BCUT2D eigenvalue weighted by Gasteiger charge is 2.45. The lowest BCUT2D eigenvalue weighted by molar-refractivity contribution is 0.158. The van der Waals surface area contributed by atoms with Crippen LogP contribution in [0.1, 0.15) is 54.9 Å². The van der Waals surface area contributed by atoms with Crippen LogP contribution in [0.25, 0.3) is 0 Å². The van der Waals surface area contributed by atoms with E-state index in [2.05, 4.69) is 87.2 Å². The predicted octanol–water partition coefficient (Wildman–Crippen LogP) is 6.68. The Balaban J connectivity index is 3.24. The molecule has 0 aromatic heterocycles. The fourth-order valence-electron chi connectivity index (χ4n) is 2.54. The minimum Gasteiger partial charge on any atom is -0.410 e. The first-order chi connectivity index (χ1) is 11.4. The summed E-state index contributed by atoms with van der Waals surface area (Å²) in [6.07, 6.45) is 6.39. The van der Waals surface area contributed by atoms with Crippen LogP contribution in [-0.4, -0.2) is 28.8 Å². The molecule has 0 bridgehead atoms. The third-order valence-corrected chi connectivity index (χ3v) is 15.6. The SMILES string of the molecule is C#CC1=C(C)[C@@H](O[Si](C)(C)C(C)(C)C)C(=C)[C@H](O[Si](C)(C)C(C)(C)C)C1. The summed E-state index contributed by atoms with van der Waals surface area (Å²) >= 11 is 0. The van der Waals surface area contributed by atoms with Crippen LogP contribution in [0.4, 0.5) is 0 Å². The lowest BCUT2D eigenvalue weighted by Gasteiger charge is -2.45. The van der Waals surface area contributed by atoms with E-state index in [4.69, 9.17) is 15.3 Å². The molecule has 0 saturated carbocycles. The molecule has 0 fully saturated rings. The first-order valence-corrected chi connectivity index (χ1v) is 15.5. The maximum Gasteiger partial charge on any atom is 0.193 e. The van der Waals surface area contributed by atoms with Gasteiger partial charge in [-0.2, -0.15) is 0 Å². The van der Waals surface area contributed by atoms with Gasteiger partial charge in [0.25, 0.3) is 0 Å². The van der Waals surface area contributed by atoms with Crippen LogP contribution >= 0.6 is 0 Å². The molecule has 0 aromatic rings. The third kappa shape index (κ3) is 4.81. The second-order valence-electron chi connectivity index (χ2n) is 10.7. The smallest absolute Gasteiger partial charge is 0.193 e. The van der Waals surface area contributed by atoms with E-state index in [1.165, 1.54) is 0 Å². The fraction of sp³-hybridized carbons (Fsp3) is 0.727. The monoisotopic (exact) mass is 392 g/mol. The second-order valence-corrected chi connectivity index (χ2v) is 20.2. The number of hydrogen-bond donors (Lipinski definition) is 0. The van der Waals surface area contributed by atoms with E-state index in [9.17, 15) is 0 Å². The summed E-state index contributed by atoms with van der Waals surface area (Å²) in [5.41, 5.74) is 3.19. The van der Waals surface area contributed by atoms with E-state index in [0.29, 0.717) is 0 Å². The van der Waals surface area contributed by atoms with Crippen LogP contribution in [0.3, 0.4) is 0 Å². The third-order valence-electron chi connectivity index (χ3n) is 6.65. The topological polar surface area (TPSA) is 18.5 Å². The highest BCUT2D eigenvalue weighted by Crippen LogP contribution is 2.44. The Morgan fingerprint density at radius 2 is 1.38 bits per heavy atom. The zero-order chi connectivity index (χ0) is 20.7. The Morgan fingerprint density at radius 1 is 0.962 bits per heavy atom. The molecule has 0 aliphatic heterocycles. The van der Waals surface area contributed by atoms with E-state index in [1.807, 2.05) is 0 Å². The molecule has 2 nitrogen and oxygen atoms in total. The van der Waals surface area contributed by atoms with Gasteiger partial charge in [0.15, 0.2) is 16.6 Å². The summed E-state index contributed by atoms with van der Waals surface area (Å²) < 4.78 is 13.5. The van der Waals surface area contributed by atoms with Crippen LogP contribution in [-0.2, 0) is 8.85 Å². The predicted molar refractivity (Wildman–Crippen MR) is 119 cm³/mol. The molecule has 0 unspecified atom stereocenters. The number of rotatable bonds is 4. The van der Waals surface area contributed by atoms with Crippen LogP contribution in [0.15, 0.2) is 23.3 Å². The molecule has 0 radical (unpaired) electrons. The molecule has 0 N–H and O–H groups in total. The Hall–Kier alpha value is -0.606. The van der Waals surface area contributed by atoms with Gasteiger partial charge in [0, 0.05) is 12.0 Å². The van der Waals surface area contributed by atoms with Crippen LogP contribution < -0.4 is 0 Å². The summed E-state index contributed by atoms with van der Waals surface area (Å²) in [7, 11) is -3.87. The number of hydrogen-bond acceptors (Lipinski definition) is 2. The zero-order valence-electron chi connectivity index (χ0n) is 19.0. The van der Waals surface area contributed by atoms with Crippen LogP contribution in [0, 0.1) is 12.3 Å². The van der Waals surface area contributed by atoms with Crippen molar-refractivity contribution in [2.24, 2.45) is 0 Å². The molecule has 2 atom stereocenters. The largest absolute Gasteiger partial charge is 0.410 e. The van der Waals surface area contributed by atoms with Crippen molar-refractivity contribution in [1.82, 2.24) is 0 Å². The zero-order valence-corrected chi connectivity index (χ0v) is 21.0. The summed E-state index contributed by atoms with van der Waals surface area (Å²) in [6, 6.07) is 0. The van der Waals surface area contributed by atoms with Crippen molar-refractivity contribution >= 4 is 16.6 Å². The molecule has 148 valence electrons. The normalized spacial score (nSPS) is 23.2.